The van der Waals surface area contributed by atoms with Crippen molar-refractivity contribution in [2.45, 2.75) is 32.5 Å². The van der Waals surface area contributed by atoms with Gasteiger partial charge in [0.2, 0.25) is 6.23 Å². The van der Waals surface area contributed by atoms with Crippen LogP contribution in [0.4, 0.5) is 0 Å². The van der Waals surface area contributed by atoms with Gasteiger partial charge < -0.3 is 13.9 Å². The Kier molecular flexibility index (Phi) is 4.47. The van der Waals surface area contributed by atoms with Gasteiger partial charge in [0.15, 0.2) is 11.5 Å². The molecule has 0 aliphatic carbocycles. The monoisotopic (exact) mass is 408 g/mol. The quantitative estimate of drug-likeness (QED) is 0.540. The van der Waals surface area contributed by atoms with E-state index in [4.69, 9.17) is 30.6 Å². The van der Waals surface area contributed by atoms with E-state index in [-0.39, 0.29) is 6.04 Å². The number of aryl methyl sites for hydroxylation is 1. The average molecular weight is 409 g/mol. The molecular weight excluding hydrogens is 388 g/mol. The van der Waals surface area contributed by atoms with Crippen molar-refractivity contribution in [1.29, 1.82) is 0 Å². The summed E-state index contributed by atoms with van der Waals surface area (Å²) in [5.41, 5.74) is 2.83. The molecule has 5 nitrogen and oxygen atoms in total. The van der Waals surface area contributed by atoms with Crippen LogP contribution in [0.1, 0.15) is 48.3 Å². The van der Waals surface area contributed by atoms with E-state index in [1.807, 2.05) is 67.4 Å². The average Bonchev–Trinajstić information content (AvgIpc) is 3.35. The van der Waals surface area contributed by atoms with E-state index in [0.717, 1.165) is 46.3 Å². The lowest BCUT2D eigenvalue weighted by molar-refractivity contribution is -0.0211. The molecule has 0 saturated heterocycles. The highest BCUT2D eigenvalue weighted by atomic mass is 35.5. The summed E-state index contributed by atoms with van der Waals surface area (Å²) in [6, 6.07) is 17.7. The molecule has 2 aromatic carbocycles. The zero-order valence-corrected chi connectivity index (χ0v) is 17.0. The Balaban J connectivity index is 1.63. The molecule has 0 saturated carbocycles. The first-order valence-electron chi connectivity index (χ1n) is 9.75. The van der Waals surface area contributed by atoms with Crippen LogP contribution in [0, 0.1) is 6.92 Å². The van der Waals surface area contributed by atoms with Crippen molar-refractivity contribution in [2.75, 3.05) is 6.61 Å². The van der Waals surface area contributed by atoms with Crippen molar-refractivity contribution < 1.29 is 13.9 Å². The van der Waals surface area contributed by atoms with Gasteiger partial charge in [0.05, 0.1) is 12.6 Å². The fraction of sp³-hybridized carbons (Fsp3) is 0.261. The third-order valence-electron chi connectivity index (χ3n) is 5.28. The Morgan fingerprint density at radius 1 is 1.10 bits per heavy atom. The van der Waals surface area contributed by atoms with Gasteiger partial charge in [-0.25, -0.2) is 5.01 Å². The Morgan fingerprint density at radius 2 is 1.93 bits per heavy atom. The van der Waals surface area contributed by atoms with Crippen LogP contribution in [0.25, 0.3) is 0 Å². The molecule has 2 atom stereocenters. The number of nitrogens with zero attached hydrogens (tertiary/aromatic N) is 2. The molecule has 0 N–H and O–H groups in total. The highest BCUT2D eigenvalue weighted by Crippen LogP contribution is 2.51. The molecule has 0 fully saturated rings. The van der Waals surface area contributed by atoms with Crippen LogP contribution in [-0.4, -0.2) is 17.3 Å². The third kappa shape index (κ3) is 3.06. The molecule has 3 heterocycles. The lowest BCUT2D eigenvalue weighted by atomic mass is 9.97. The maximum absolute atomic E-state index is 6.53. The van der Waals surface area contributed by atoms with Crippen LogP contribution in [-0.2, 0) is 0 Å². The summed E-state index contributed by atoms with van der Waals surface area (Å²) in [5.74, 6) is 3.15. The summed E-state index contributed by atoms with van der Waals surface area (Å²) in [7, 11) is 0. The Morgan fingerprint density at radius 3 is 2.69 bits per heavy atom. The van der Waals surface area contributed by atoms with Crippen LogP contribution in [0.5, 0.6) is 11.5 Å². The second kappa shape index (κ2) is 7.16. The summed E-state index contributed by atoms with van der Waals surface area (Å²) in [4.78, 5) is 0. The van der Waals surface area contributed by atoms with E-state index in [9.17, 15) is 0 Å². The Bertz CT molecular complexity index is 1090. The van der Waals surface area contributed by atoms with E-state index in [0.29, 0.717) is 11.6 Å². The normalized spacial score (nSPS) is 20.0. The number of hydrogen-bond acceptors (Lipinski definition) is 5. The van der Waals surface area contributed by atoms with Gasteiger partial charge in [0, 0.05) is 22.6 Å². The molecule has 6 heteroatoms. The van der Waals surface area contributed by atoms with Crippen LogP contribution >= 0.6 is 11.6 Å². The number of furan rings is 1. The van der Waals surface area contributed by atoms with Gasteiger partial charge in [-0.1, -0.05) is 41.9 Å². The van der Waals surface area contributed by atoms with E-state index in [1.54, 1.807) is 0 Å². The largest absolute Gasteiger partial charge is 0.490 e. The standard InChI is InChI=1S/C23H21ClN2O3/c1-3-27-21-10-6-8-16-19-13-18(20-12-11-14(2)28-20)25-26(19)23(29-22(16)21)15-7-4-5-9-17(15)24/h4-12,19,23H,3,13H2,1-2H3/t19-,23+/m0/s1. The number of hydrazone groups is 1. The molecule has 29 heavy (non-hydrogen) atoms. The highest BCUT2D eigenvalue weighted by Gasteiger charge is 2.43. The van der Waals surface area contributed by atoms with E-state index < -0.39 is 6.23 Å². The number of benzene rings is 2. The topological polar surface area (TPSA) is 47.2 Å². The summed E-state index contributed by atoms with van der Waals surface area (Å²) in [5, 5.41) is 7.54. The molecule has 2 aliphatic heterocycles. The number of hydrogen-bond donors (Lipinski definition) is 0. The van der Waals surface area contributed by atoms with E-state index >= 15 is 0 Å². The predicted octanol–water partition coefficient (Wildman–Crippen LogP) is 5.88. The molecule has 2 aliphatic rings. The summed E-state index contributed by atoms with van der Waals surface area (Å²) in [6.45, 7) is 4.47. The maximum Gasteiger partial charge on any atom is 0.215 e. The predicted molar refractivity (Wildman–Crippen MR) is 112 cm³/mol. The Labute approximate surface area is 174 Å². The molecule has 0 radical (unpaired) electrons. The third-order valence-corrected chi connectivity index (χ3v) is 5.62. The molecule has 148 valence electrons. The van der Waals surface area contributed by atoms with Gasteiger partial charge >= 0.3 is 0 Å². The summed E-state index contributed by atoms with van der Waals surface area (Å²) < 4.78 is 18.2. The summed E-state index contributed by atoms with van der Waals surface area (Å²) >= 11 is 6.53. The van der Waals surface area contributed by atoms with Crippen molar-refractivity contribution >= 4 is 17.3 Å². The molecular formula is C23H21ClN2O3. The lowest BCUT2D eigenvalue weighted by Crippen LogP contribution is -2.34. The first-order valence-corrected chi connectivity index (χ1v) is 10.1. The minimum absolute atomic E-state index is 0.0147. The smallest absolute Gasteiger partial charge is 0.215 e. The van der Waals surface area contributed by atoms with Gasteiger partial charge in [-0.15, -0.1) is 0 Å². The van der Waals surface area contributed by atoms with Crippen LogP contribution in [0.3, 0.4) is 0 Å². The van der Waals surface area contributed by atoms with Gasteiger partial charge in [-0.2, -0.15) is 5.10 Å². The molecule has 0 bridgehead atoms. The van der Waals surface area contributed by atoms with Gasteiger partial charge in [0.25, 0.3) is 0 Å². The van der Waals surface area contributed by atoms with E-state index in [2.05, 4.69) is 6.07 Å². The maximum atomic E-state index is 6.53. The van der Waals surface area contributed by atoms with Gasteiger partial charge in [-0.3, -0.25) is 0 Å². The first kappa shape index (κ1) is 18.1. The van der Waals surface area contributed by atoms with Crippen LogP contribution in [0.15, 0.2) is 64.1 Å². The molecule has 0 amide bonds. The molecule has 3 aromatic rings. The van der Waals surface area contributed by atoms with Crippen LogP contribution in [0.2, 0.25) is 5.02 Å². The zero-order chi connectivity index (χ0) is 20.0. The van der Waals surface area contributed by atoms with Crippen molar-refractivity contribution in [2.24, 2.45) is 5.10 Å². The van der Waals surface area contributed by atoms with Crippen molar-refractivity contribution in [3.63, 3.8) is 0 Å². The van der Waals surface area contributed by atoms with Gasteiger partial charge in [0.1, 0.15) is 17.2 Å². The van der Waals surface area contributed by atoms with E-state index in [1.165, 1.54) is 0 Å². The summed E-state index contributed by atoms with van der Waals surface area (Å²) in [6.07, 6.45) is 0.274. The van der Waals surface area contributed by atoms with Crippen molar-refractivity contribution in [1.82, 2.24) is 5.01 Å². The minimum Gasteiger partial charge on any atom is -0.490 e. The number of para-hydroxylation sites is 1. The minimum atomic E-state index is -0.448. The number of rotatable bonds is 4. The van der Waals surface area contributed by atoms with Crippen molar-refractivity contribution in [3.8, 4) is 11.5 Å². The van der Waals surface area contributed by atoms with Crippen molar-refractivity contribution in [3.05, 3.63) is 82.3 Å². The molecule has 1 aromatic heterocycles. The molecule has 5 rings (SSSR count). The number of ether oxygens (including phenoxy) is 2. The van der Waals surface area contributed by atoms with Gasteiger partial charge in [-0.05, 0) is 38.1 Å². The van der Waals surface area contributed by atoms with Crippen LogP contribution < -0.4 is 9.47 Å². The molecule has 0 unspecified atom stereocenters. The second-order valence-corrected chi connectivity index (χ2v) is 7.56. The zero-order valence-electron chi connectivity index (χ0n) is 16.3. The second-order valence-electron chi connectivity index (χ2n) is 7.16. The SMILES string of the molecule is CCOc1cccc2c1O[C@H](c1ccccc1Cl)N1N=C(c3ccc(C)o3)C[C@@H]21. The number of fused-ring (bicyclic) bond motifs is 3. The fourth-order valence-electron chi connectivity index (χ4n) is 3.97. The number of halogens is 1. The molecule has 0 spiro atoms. The fourth-order valence-corrected chi connectivity index (χ4v) is 4.20. The Hall–Kier alpha value is -2.92. The first-order chi connectivity index (χ1) is 14.2. The highest BCUT2D eigenvalue weighted by molar-refractivity contribution is 6.31. The lowest BCUT2D eigenvalue weighted by Gasteiger charge is -2.39.